The maximum Gasteiger partial charge on any atom is 0.0114 e. The number of fused-ring (bicyclic) bond motifs is 2. The highest BCUT2D eigenvalue weighted by Gasteiger charge is 2.46. The first-order valence-electron chi connectivity index (χ1n) is 8.84. The van der Waals surface area contributed by atoms with Gasteiger partial charge in [-0.15, -0.1) is 0 Å². The Bertz CT molecular complexity index is 295. The van der Waals surface area contributed by atoms with Crippen molar-refractivity contribution in [3.8, 4) is 0 Å². The van der Waals surface area contributed by atoms with Crippen molar-refractivity contribution in [3.63, 3.8) is 0 Å². The first-order chi connectivity index (χ1) is 9.35. The van der Waals surface area contributed by atoms with Crippen molar-refractivity contribution in [2.45, 2.75) is 76.4 Å². The fraction of sp³-hybridized carbons (Fsp3) is 1.00. The Morgan fingerprint density at radius 1 is 0.947 bits per heavy atom. The summed E-state index contributed by atoms with van der Waals surface area (Å²) in [5.41, 5.74) is 0. The van der Waals surface area contributed by atoms with Crippen LogP contribution in [0.2, 0.25) is 0 Å². The van der Waals surface area contributed by atoms with Gasteiger partial charge in [0.25, 0.3) is 0 Å². The fourth-order valence-corrected chi connectivity index (χ4v) is 5.00. The highest BCUT2D eigenvalue weighted by atomic mass is 15.2. The third-order valence-electron chi connectivity index (χ3n) is 6.25. The van der Waals surface area contributed by atoms with Crippen LogP contribution >= 0.6 is 0 Å². The van der Waals surface area contributed by atoms with Crippen LogP contribution in [0.15, 0.2) is 0 Å². The van der Waals surface area contributed by atoms with Crippen LogP contribution in [0.5, 0.6) is 0 Å². The molecule has 0 aromatic carbocycles. The molecule has 2 nitrogen and oxygen atoms in total. The van der Waals surface area contributed by atoms with Gasteiger partial charge in [0.15, 0.2) is 0 Å². The Kier molecular flexibility index (Phi) is 3.35. The minimum atomic E-state index is 0.819. The second kappa shape index (κ2) is 5.04. The van der Waals surface area contributed by atoms with Crippen LogP contribution in [0.3, 0.4) is 0 Å². The van der Waals surface area contributed by atoms with Gasteiger partial charge in [0, 0.05) is 24.7 Å². The molecule has 2 unspecified atom stereocenters. The monoisotopic (exact) mass is 262 g/mol. The third-order valence-corrected chi connectivity index (χ3v) is 6.25. The molecule has 0 amide bonds. The second-order valence-corrected chi connectivity index (χ2v) is 7.65. The lowest BCUT2D eigenvalue weighted by atomic mass is 9.92. The van der Waals surface area contributed by atoms with Gasteiger partial charge in [-0.05, 0) is 75.7 Å². The average Bonchev–Trinajstić information content (AvgIpc) is 3.28. The zero-order chi connectivity index (χ0) is 12.8. The topological polar surface area (TPSA) is 15.3 Å². The zero-order valence-corrected chi connectivity index (χ0v) is 12.5. The van der Waals surface area contributed by atoms with Crippen molar-refractivity contribution in [2.75, 3.05) is 13.1 Å². The molecule has 4 aliphatic rings. The molecule has 0 aromatic heterocycles. The van der Waals surface area contributed by atoms with Gasteiger partial charge in [-0.3, -0.25) is 4.90 Å². The van der Waals surface area contributed by atoms with Crippen molar-refractivity contribution >= 4 is 0 Å². The summed E-state index contributed by atoms with van der Waals surface area (Å²) in [5, 5.41) is 3.70. The lowest BCUT2D eigenvalue weighted by Crippen LogP contribution is -2.50. The molecule has 0 aromatic rings. The van der Waals surface area contributed by atoms with Gasteiger partial charge in [0.05, 0.1) is 0 Å². The van der Waals surface area contributed by atoms with Gasteiger partial charge >= 0.3 is 0 Å². The Labute approximate surface area is 118 Å². The van der Waals surface area contributed by atoms with Crippen molar-refractivity contribution < 1.29 is 0 Å². The molecule has 0 spiro atoms. The Morgan fingerprint density at radius 3 is 2.00 bits per heavy atom. The van der Waals surface area contributed by atoms with Gasteiger partial charge in [-0.2, -0.15) is 0 Å². The highest BCUT2D eigenvalue weighted by molar-refractivity contribution is 5.01. The Morgan fingerprint density at radius 2 is 1.53 bits per heavy atom. The summed E-state index contributed by atoms with van der Waals surface area (Å²) in [6, 6.07) is 2.66. The molecule has 2 saturated carbocycles. The number of nitrogens with one attached hydrogen (secondary N) is 1. The summed E-state index contributed by atoms with van der Waals surface area (Å²) in [7, 11) is 0. The quantitative estimate of drug-likeness (QED) is 0.791. The fourth-order valence-electron chi connectivity index (χ4n) is 5.00. The molecule has 2 heteroatoms. The minimum absolute atomic E-state index is 0.819. The maximum atomic E-state index is 3.70. The van der Waals surface area contributed by atoms with Crippen LogP contribution in [-0.4, -0.2) is 36.1 Å². The van der Waals surface area contributed by atoms with Crippen molar-refractivity contribution in [1.29, 1.82) is 0 Å². The number of piperidine rings is 1. The molecule has 2 atom stereocenters. The van der Waals surface area contributed by atoms with Gasteiger partial charge in [-0.1, -0.05) is 6.92 Å². The average molecular weight is 262 g/mol. The van der Waals surface area contributed by atoms with E-state index in [9.17, 15) is 0 Å². The molecule has 4 rings (SSSR count). The molecule has 2 saturated heterocycles. The maximum absolute atomic E-state index is 3.70. The molecule has 2 aliphatic heterocycles. The van der Waals surface area contributed by atoms with E-state index < -0.39 is 0 Å². The molecule has 2 aliphatic carbocycles. The van der Waals surface area contributed by atoms with E-state index in [4.69, 9.17) is 0 Å². The second-order valence-electron chi connectivity index (χ2n) is 7.65. The minimum Gasteiger partial charge on any atom is -0.314 e. The molecule has 19 heavy (non-hydrogen) atoms. The first-order valence-corrected chi connectivity index (χ1v) is 8.84. The number of hydrogen-bond acceptors (Lipinski definition) is 2. The summed E-state index contributed by atoms with van der Waals surface area (Å²) in [6.07, 6.45) is 12.0. The Hall–Kier alpha value is -0.0800. The molecule has 108 valence electrons. The van der Waals surface area contributed by atoms with E-state index in [-0.39, 0.29) is 0 Å². The SMILES string of the molecule is CCNC1CC2CCC(C1)N2CC(C1CC1)C1CC1. The standard InChI is InChI=1S/C17H30N2/c1-2-18-14-9-15-7-8-16(10-14)19(15)11-17(12-3-4-12)13-5-6-13/h12-18H,2-11H2,1H3. The molecular formula is C17H30N2. The van der Waals surface area contributed by atoms with E-state index in [2.05, 4.69) is 17.1 Å². The molecule has 0 radical (unpaired) electrons. The third kappa shape index (κ3) is 2.58. The number of hydrogen-bond donors (Lipinski definition) is 1. The van der Waals surface area contributed by atoms with Crippen LogP contribution in [-0.2, 0) is 0 Å². The summed E-state index contributed by atoms with van der Waals surface area (Å²) >= 11 is 0. The molecule has 1 N–H and O–H groups in total. The van der Waals surface area contributed by atoms with E-state index in [1.165, 1.54) is 32.2 Å². The van der Waals surface area contributed by atoms with Crippen LogP contribution in [0.4, 0.5) is 0 Å². The van der Waals surface area contributed by atoms with Crippen molar-refractivity contribution in [3.05, 3.63) is 0 Å². The lowest BCUT2D eigenvalue weighted by Gasteiger charge is -2.41. The van der Waals surface area contributed by atoms with Gasteiger partial charge in [-0.25, -0.2) is 0 Å². The predicted octanol–water partition coefficient (Wildman–Crippen LogP) is 3.03. The molecular weight excluding hydrogens is 232 g/mol. The largest absolute Gasteiger partial charge is 0.314 e. The molecule has 2 heterocycles. The van der Waals surface area contributed by atoms with E-state index in [1.807, 2.05) is 0 Å². The van der Waals surface area contributed by atoms with Gasteiger partial charge in [0.1, 0.15) is 0 Å². The summed E-state index contributed by atoms with van der Waals surface area (Å²) in [6.45, 7) is 4.87. The molecule has 4 fully saturated rings. The van der Waals surface area contributed by atoms with E-state index in [1.54, 1.807) is 25.7 Å². The van der Waals surface area contributed by atoms with E-state index in [0.29, 0.717) is 0 Å². The van der Waals surface area contributed by atoms with Crippen LogP contribution < -0.4 is 5.32 Å². The zero-order valence-electron chi connectivity index (χ0n) is 12.5. The summed E-state index contributed by atoms with van der Waals surface area (Å²) in [5.74, 6) is 3.33. The van der Waals surface area contributed by atoms with Crippen molar-refractivity contribution in [2.24, 2.45) is 17.8 Å². The highest BCUT2D eigenvalue weighted by Crippen LogP contribution is 2.50. The Balaban J connectivity index is 1.39. The number of nitrogens with zero attached hydrogens (tertiary/aromatic N) is 1. The lowest BCUT2D eigenvalue weighted by molar-refractivity contribution is 0.0880. The van der Waals surface area contributed by atoms with Crippen LogP contribution in [0.25, 0.3) is 0 Å². The van der Waals surface area contributed by atoms with E-state index >= 15 is 0 Å². The van der Waals surface area contributed by atoms with Crippen LogP contribution in [0.1, 0.15) is 58.3 Å². The first kappa shape index (κ1) is 12.6. The summed E-state index contributed by atoms with van der Waals surface area (Å²) in [4.78, 5) is 2.95. The summed E-state index contributed by atoms with van der Waals surface area (Å²) < 4.78 is 0. The number of rotatable bonds is 6. The normalized spacial score (nSPS) is 39.2. The van der Waals surface area contributed by atoms with Gasteiger partial charge in [0.2, 0.25) is 0 Å². The van der Waals surface area contributed by atoms with Gasteiger partial charge < -0.3 is 5.32 Å². The van der Waals surface area contributed by atoms with Crippen molar-refractivity contribution in [1.82, 2.24) is 10.2 Å². The molecule has 2 bridgehead atoms. The van der Waals surface area contributed by atoms with E-state index in [0.717, 1.165) is 42.4 Å². The smallest absolute Gasteiger partial charge is 0.0114 e. The predicted molar refractivity (Wildman–Crippen MR) is 79.2 cm³/mol. The van der Waals surface area contributed by atoms with Crippen LogP contribution in [0, 0.1) is 17.8 Å².